The third kappa shape index (κ3) is 4.74. The SMILES string of the molecule is O=C(CC1CCC(CCN2CCC(c3cccc4c3OCO4)CC2)CC1)C1CC1(F)F. The van der Waals surface area contributed by atoms with Crippen LogP contribution < -0.4 is 9.47 Å². The van der Waals surface area contributed by atoms with Crippen molar-refractivity contribution in [2.24, 2.45) is 17.8 Å². The molecule has 1 atom stereocenters. The summed E-state index contributed by atoms with van der Waals surface area (Å²) in [6.45, 7) is 3.71. The molecule has 0 N–H and O–H groups in total. The third-order valence-corrected chi connectivity index (χ3v) is 7.98. The average Bonchev–Trinajstić information content (AvgIpc) is 3.18. The molecule has 0 aromatic heterocycles. The lowest BCUT2D eigenvalue weighted by Gasteiger charge is -2.34. The first-order chi connectivity index (χ1) is 15.0. The molecule has 2 aliphatic carbocycles. The number of benzene rings is 1. The summed E-state index contributed by atoms with van der Waals surface area (Å²) in [5, 5.41) is 0. The highest BCUT2D eigenvalue weighted by Gasteiger charge is 2.60. The zero-order chi connectivity index (χ0) is 21.4. The fourth-order valence-corrected chi connectivity index (χ4v) is 5.82. The highest BCUT2D eigenvalue weighted by atomic mass is 19.3. The lowest BCUT2D eigenvalue weighted by molar-refractivity contribution is -0.123. The summed E-state index contributed by atoms with van der Waals surface area (Å²) in [6.07, 6.45) is 8.01. The van der Waals surface area contributed by atoms with Crippen molar-refractivity contribution >= 4 is 5.78 Å². The molecule has 170 valence electrons. The van der Waals surface area contributed by atoms with Gasteiger partial charge in [0.25, 0.3) is 5.92 Å². The topological polar surface area (TPSA) is 38.8 Å². The van der Waals surface area contributed by atoms with E-state index in [1.54, 1.807) is 0 Å². The maximum absolute atomic E-state index is 13.1. The van der Waals surface area contributed by atoms with Gasteiger partial charge in [-0.2, -0.15) is 0 Å². The summed E-state index contributed by atoms with van der Waals surface area (Å²) in [4.78, 5) is 14.6. The van der Waals surface area contributed by atoms with Gasteiger partial charge in [-0.25, -0.2) is 8.78 Å². The normalized spacial score (nSPS) is 30.3. The maximum atomic E-state index is 13.1. The standard InChI is InChI=1S/C25H33F2NO3/c26-25(27)15-21(25)22(29)14-18-6-4-17(5-7-18)8-11-28-12-9-19(10-13-28)20-2-1-3-23-24(20)31-16-30-23/h1-3,17-19,21H,4-16H2. The zero-order valence-electron chi connectivity index (χ0n) is 18.2. The molecule has 1 unspecified atom stereocenters. The minimum atomic E-state index is -2.71. The number of hydrogen-bond donors (Lipinski definition) is 0. The van der Waals surface area contributed by atoms with Crippen LogP contribution >= 0.6 is 0 Å². The van der Waals surface area contributed by atoms with E-state index in [2.05, 4.69) is 17.0 Å². The quantitative estimate of drug-likeness (QED) is 0.577. The summed E-state index contributed by atoms with van der Waals surface area (Å²) in [5.41, 5.74) is 1.30. The van der Waals surface area contributed by atoms with Gasteiger partial charge in [0.05, 0.1) is 5.92 Å². The number of carbonyl (C=O) groups is 1. The Kier molecular flexibility index (Phi) is 5.93. The number of halogens is 2. The lowest BCUT2D eigenvalue weighted by Crippen LogP contribution is -2.34. The van der Waals surface area contributed by atoms with Crippen LogP contribution in [-0.2, 0) is 4.79 Å². The predicted octanol–water partition coefficient (Wildman–Crippen LogP) is 5.41. The molecule has 0 spiro atoms. The van der Waals surface area contributed by atoms with Crippen LogP contribution in [0.4, 0.5) is 8.78 Å². The monoisotopic (exact) mass is 433 g/mol. The third-order valence-electron chi connectivity index (χ3n) is 7.98. The molecule has 2 aliphatic heterocycles. The molecule has 1 saturated heterocycles. The molecule has 4 aliphatic rings. The van der Waals surface area contributed by atoms with Crippen LogP contribution in [0, 0.1) is 17.8 Å². The average molecular weight is 434 g/mol. The Labute approximate surface area is 183 Å². The lowest BCUT2D eigenvalue weighted by atomic mass is 9.78. The van der Waals surface area contributed by atoms with Gasteiger partial charge in [-0.05, 0) is 75.6 Å². The second-order valence-corrected chi connectivity index (χ2v) is 10.1. The summed E-state index contributed by atoms with van der Waals surface area (Å²) in [7, 11) is 0. The summed E-state index contributed by atoms with van der Waals surface area (Å²) >= 11 is 0. The second-order valence-electron chi connectivity index (χ2n) is 10.1. The molecule has 0 bridgehead atoms. The first kappa shape index (κ1) is 21.2. The number of ether oxygens (including phenoxy) is 2. The molecule has 3 fully saturated rings. The van der Waals surface area contributed by atoms with Crippen molar-refractivity contribution in [3.05, 3.63) is 23.8 Å². The second kappa shape index (κ2) is 8.68. The molecule has 0 amide bonds. The number of Topliss-reactive ketones (excluding diaryl/α,β-unsaturated/α-hetero) is 1. The van der Waals surface area contributed by atoms with Crippen LogP contribution in [0.2, 0.25) is 0 Å². The molecule has 2 heterocycles. The Morgan fingerprint density at radius 3 is 2.45 bits per heavy atom. The minimum Gasteiger partial charge on any atom is -0.454 e. The number of alkyl halides is 2. The molecule has 31 heavy (non-hydrogen) atoms. The van der Waals surface area contributed by atoms with Crippen molar-refractivity contribution in [1.29, 1.82) is 0 Å². The molecule has 4 nitrogen and oxygen atoms in total. The van der Waals surface area contributed by atoms with Crippen molar-refractivity contribution in [1.82, 2.24) is 4.90 Å². The van der Waals surface area contributed by atoms with Crippen molar-refractivity contribution in [3.63, 3.8) is 0 Å². The zero-order valence-corrected chi connectivity index (χ0v) is 18.2. The Hall–Kier alpha value is -1.69. The highest BCUT2D eigenvalue weighted by Crippen LogP contribution is 2.50. The minimum absolute atomic E-state index is 0.197. The molecule has 0 radical (unpaired) electrons. The van der Waals surface area contributed by atoms with E-state index in [9.17, 15) is 13.6 Å². The number of rotatable bonds is 7. The van der Waals surface area contributed by atoms with Crippen molar-refractivity contribution < 1.29 is 23.0 Å². The largest absolute Gasteiger partial charge is 0.454 e. The molecule has 1 aromatic carbocycles. The van der Waals surface area contributed by atoms with Gasteiger partial charge >= 0.3 is 0 Å². The van der Waals surface area contributed by atoms with E-state index < -0.39 is 11.8 Å². The van der Waals surface area contributed by atoms with Gasteiger partial charge in [-0.3, -0.25) is 4.79 Å². The number of piperidine rings is 1. The fraction of sp³-hybridized carbons (Fsp3) is 0.720. The van der Waals surface area contributed by atoms with E-state index in [0.717, 1.165) is 75.6 Å². The molecule has 6 heteroatoms. The summed E-state index contributed by atoms with van der Waals surface area (Å²) in [5.74, 6) is -0.460. The number of nitrogens with zero attached hydrogens (tertiary/aromatic N) is 1. The Balaban J connectivity index is 1.01. The summed E-state index contributed by atoms with van der Waals surface area (Å²) < 4.78 is 37.4. The molecule has 5 rings (SSSR count). The van der Waals surface area contributed by atoms with E-state index in [-0.39, 0.29) is 12.2 Å². The van der Waals surface area contributed by atoms with E-state index in [0.29, 0.717) is 25.0 Å². The van der Waals surface area contributed by atoms with Gasteiger partial charge in [-0.15, -0.1) is 0 Å². The van der Waals surface area contributed by atoms with Gasteiger partial charge in [0, 0.05) is 18.4 Å². The Bertz CT molecular complexity index is 798. The molecule has 2 saturated carbocycles. The van der Waals surface area contributed by atoms with E-state index >= 15 is 0 Å². The number of para-hydroxylation sites is 1. The Morgan fingerprint density at radius 1 is 1.03 bits per heavy atom. The van der Waals surface area contributed by atoms with Crippen LogP contribution in [0.25, 0.3) is 0 Å². The van der Waals surface area contributed by atoms with Crippen LogP contribution in [0.3, 0.4) is 0 Å². The number of hydrogen-bond acceptors (Lipinski definition) is 4. The fourth-order valence-electron chi connectivity index (χ4n) is 5.82. The predicted molar refractivity (Wildman–Crippen MR) is 114 cm³/mol. The van der Waals surface area contributed by atoms with Crippen molar-refractivity contribution in [3.8, 4) is 11.5 Å². The first-order valence-electron chi connectivity index (χ1n) is 12.0. The van der Waals surface area contributed by atoms with E-state index in [1.807, 2.05) is 6.07 Å². The maximum Gasteiger partial charge on any atom is 0.258 e. The van der Waals surface area contributed by atoms with Crippen molar-refractivity contribution in [2.75, 3.05) is 26.4 Å². The molecular formula is C25H33F2NO3. The number of ketones is 1. The highest BCUT2D eigenvalue weighted by molar-refractivity contribution is 5.85. The van der Waals surface area contributed by atoms with Crippen LogP contribution in [0.5, 0.6) is 11.5 Å². The van der Waals surface area contributed by atoms with Crippen LogP contribution in [-0.4, -0.2) is 43.0 Å². The van der Waals surface area contributed by atoms with Crippen molar-refractivity contribution in [2.45, 2.75) is 69.6 Å². The molecule has 1 aromatic rings. The van der Waals surface area contributed by atoms with E-state index in [4.69, 9.17) is 9.47 Å². The van der Waals surface area contributed by atoms with Gasteiger partial charge in [0.1, 0.15) is 5.78 Å². The van der Waals surface area contributed by atoms with Gasteiger partial charge in [-0.1, -0.05) is 25.0 Å². The van der Waals surface area contributed by atoms with Gasteiger partial charge in [0.2, 0.25) is 6.79 Å². The number of likely N-dealkylation sites (tertiary alicyclic amines) is 1. The van der Waals surface area contributed by atoms with Crippen LogP contribution in [0.1, 0.15) is 69.3 Å². The first-order valence-corrected chi connectivity index (χ1v) is 12.0. The number of carbonyl (C=O) groups excluding carboxylic acids is 1. The summed E-state index contributed by atoms with van der Waals surface area (Å²) in [6, 6.07) is 6.23. The number of fused-ring (bicyclic) bond motifs is 1. The van der Waals surface area contributed by atoms with E-state index in [1.165, 1.54) is 12.0 Å². The Morgan fingerprint density at radius 2 is 1.74 bits per heavy atom. The van der Waals surface area contributed by atoms with Gasteiger partial charge in [0.15, 0.2) is 11.5 Å². The molecular weight excluding hydrogens is 400 g/mol. The van der Waals surface area contributed by atoms with Gasteiger partial charge < -0.3 is 14.4 Å². The van der Waals surface area contributed by atoms with Crippen LogP contribution in [0.15, 0.2) is 18.2 Å². The smallest absolute Gasteiger partial charge is 0.258 e.